The highest BCUT2D eigenvalue weighted by Gasteiger charge is 2.20. The summed E-state index contributed by atoms with van der Waals surface area (Å²) in [6.07, 6.45) is 4.04. The summed E-state index contributed by atoms with van der Waals surface area (Å²) in [5, 5.41) is 5.01. The summed E-state index contributed by atoms with van der Waals surface area (Å²) < 4.78 is 6.96. The van der Waals surface area contributed by atoms with Gasteiger partial charge in [0, 0.05) is 12.7 Å². The second kappa shape index (κ2) is 6.72. The van der Waals surface area contributed by atoms with Crippen LogP contribution in [0.25, 0.3) is 0 Å². The van der Waals surface area contributed by atoms with E-state index in [2.05, 4.69) is 10.1 Å². The van der Waals surface area contributed by atoms with E-state index in [0.29, 0.717) is 22.9 Å². The fourth-order valence-corrected chi connectivity index (χ4v) is 2.54. The van der Waals surface area contributed by atoms with Crippen molar-refractivity contribution in [2.24, 2.45) is 0 Å². The maximum atomic E-state index is 12.5. The van der Waals surface area contributed by atoms with E-state index in [4.69, 9.17) is 16.3 Å². The molecule has 2 heterocycles. The van der Waals surface area contributed by atoms with Crippen LogP contribution in [0.2, 0.25) is 5.02 Å². The number of aromatic nitrogens is 3. The number of nitrogens with zero attached hydrogens (tertiary/aromatic N) is 3. The van der Waals surface area contributed by atoms with Crippen LogP contribution in [0.4, 0.5) is 0 Å². The number of Topliss-reactive ketones (excluding diaryl/α,β-unsaturated/α-hetero) is 1. The van der Waals surface area contributed by atoms with Gasteiger partial charge in [0.2, 0.25) is 0 Å². The van der Waals surface area contributed by atoms with Crippen molar-refractivity contribution in [2.75, 3.05) is 7.11 Å². The normalized spacial score (nSPS) is 10.7. The van der Waals surface area contributed by atoms with E-state index in [1.54, 1.807) is 16.9 Å². The van der Waals surface area contributed by atoms with Crippen molar-refractivity contribution in [1.82, 2.24) is 14.8 Å². The van der Waals surface area contributed by atoms with Gasteiger partial charge in [-0.3, -0.25) is 14.5 Å². The van der Waals surface area contributed by atoms with Gasteiger partial charge in [-0.05, 0) is 19.4 Å². The summed E-state index contributed by atoms with van der Waals surface area (Å²) in [5.74, 6) is 0.408. The Labute approximate surface area is 128 Å². The van der Waals surface area contributed by atoms with E-state index in [1.807, 2.05) is 13.8 Å². The van der Waals surface area contributed by atoms with Crippen LogP contribution in [0, 0.1) is 0 Å². The van der Waals surface area contributed by atoms with Crippen LogP contribution in [0.5, 0.6) is 5.75 Å². The molecule has 0 aliphatic rings. The molecule has 0 aromatic carbocycles. The van der Waals surface area contributed by atoms with Crippen molar-refractivity contribution in [2.45, 2.75) is 33.2 Å². The summed E-state index contributed by atoms with van der Waals surface area (Å²) in [5.41, 5.74) is 2.08. The molecule has 0 amide bonds. The molecule has 0 aliphatic heterocycles. The van der Waals surface area contributed by atoms with Crippen molar-refractivity contribution in [3.05, 3.63) is 40.4 Å². The Morgan fingerprint density at radius 1 is 1.43 bits per heavy atom. The first kappa shape index (κ1) is 15.5. The minimum absolute atomic E-state index is 0.0617. The lowest BCUT2D eigenvalue weighted by Gasteiger charge is -2.08. The smallest absolute Gasteiger partial charge is 0.172 e. The zero-order valence-electron chi connectivity index (χ0n) is 12.4. The van der Waals surface area contributed by atoms with Crippen LogP contribution in [0.15, 0.2) is 18.5 Å². The number of ketones is 1. The summed E-state index contributed by atoms with van der Waals surface area (Å²) in [6.45, 7) is 4.64. The first-order valence-corrected chi connectivity index (χ1v) is 7.25. The molecule has 0 N–H and O–H groups in total. The molecule has 5 nitrogen and oxygen atoms in total. The lowest BCUT2D eigenvalue weighted by molar-refractivity contribution is 0.0987. The van der Waals surface area contributed by atoms with Gasteiger partial charge in [0.1, 0.15) is 5.75 Å². The first-order chi connectivity index (χ1) is 10.1. The number of aryl methyl sites for hydroxylation is 2. The Morgan fingerprint density at radius 3 is 2.81 bits per heavy atom. The van der Waals surface area contributed by atoms with Crippen LogP contribution in [-0.2, 0) is 19.4 Å². The molecule has 21 heavy (non-hydrogen) atoms. The Hall–Kier alpha value is -1.88. The highest BCUT2D eigenvalue weighted by Crippen LogP contribution is 2.25. The van der Waals surface area contributed by atoms with E-state index in [0.717, 1.165) is 17.8 Å². The Balaban J connectivity index is 2.33. The number of rotatable bonds is 6. The molecule has 0 fully saturated rings. The highest BCUT2D eigenvalue weighted by molar-refractivity contribution is 6.32. The van der Waals surface area contributed by atoms with Gasteiger partial charge in [-0.25, -0.2) is 0 Å². The lowest BCUT2D eigenvalue weighted by atomic mass is 10.1. The molecule has 2 rings (SSSR count). The number of hydrogen-bond acceptors (Lipinski definition) is 4. The van der Waals surface area contributed by atoms with Crippen LogP contribution < -0.4 is 4.74 Å². The number of ether oxygens (including phenoxy) is 1. The summed E-state index contributed by atoms with van der Waals surface area (Å²) in [4.78, 5) is 16.5. The molecular formula is C15H18ClN3O2. The Bertz CT molecular complexity index is 652. The molecule has 2 aromatic heterocycles. The predicted octanol–water partition coefficient (Wildman–Crippen LogP) is 2.95. The number of carbonyl (C=O) groups excluding carboxylic acids is 1. The maximum Gasteiger partial charge on any atom is 0.172 e. The van der Waals surface area contributed by atoms with Gasteiger partial charge in [-0.1, -0.05) is 18.5 Å². The number of carbonyl (C=O) groups is 1. The molecule has 0 aliphatic carbocycles. The topological polar surface area (TPSA) is 57.0 Å². The fraction of sp³-hybridized carbons (Fsp3) is 0.400. The Kier molecular flexibility index (Phi) is 4.96. The van der Waals surface area contributed by atoms with Crippen molar-refractivity contribution in [3.63, 3.8) is 0 Å². The van der Waals surface area contributed by atoms with Gasteiger partial charge in [0.25, 0.3) is 0 Å². The van der Waals surface area contributed by atoms with Crippen molar-refractivity contribution < 1.29 is 9.53 Å². The molecule has 2 aromatic rings. The van der Waals surface area contributed by atoms with Crippen LogP contribution >= 0.6 is 11.6 Å². The number of pyridine rings is 1. The van der Waals surface area contributed by atoms with E-state index >= 15 is 0 Å². The summed E-state index contributed by atoms with van der Waals surface area (Å²) >= 11 is 6.33. The summed E-state index contributed by atoms with van der Waals surface area (Å²) in [6, 6.07) is 1.66. The van der Waals surface area contributed by atoms with E-state index in [9.17, 15) is 4.79 Å². The third-order valence-electron chi connectivity index (χ3n) is 3.33. The predicted molar refractivity (Wildman–Crippen MR) is 81.1 cm³/mol. The van der Waals surface area contributed by atoms with E-state index in [1.165, 1.54) is 13.3 Å². The lowest BCUT2D eigenvalue weighted by Crippen LogP contribution is -2.11. The molecule has 0 saturated carbocycles. The molecule has 0 spiro atoms. The first-order valence-electron chi connectivity index (χ1n) is 6.87. The number of methoxy groups -OCH3 is 1. The maximum absolute atomic E-state index is 12.5. The van der Waals surface area contributed by atoms with E-state index in [-0.39, 0.29) is 12.2 Å². The summed E-state index contributed by atoms with van der Waals surface area (Å²) in [7, 11) is 1.52. The minimum Gasteiger partial charge on any atom is -0.494 e. The van der Waals surface area contributed by atoms with Gasteiger partial charge in [0.05, 0.1) is 41.7 Å². The molecule has 6 heteroatoms. The van der Waals surface area contributed by atoms with Gasteiger partial charge in [-0.15, -0.1) is 0 Å². The Morgan fingerprint density at radius 2 is 2.19 bits per heavy atom. The molecule has 0 unspecified atom stereocenters. The third kappa shape index (κ3) is 3.08. The van der Waals surface area contributed by atoms with Crippen molar-refractivity contribution >= 4 is 17.4 Å². The standard InChI is InChI=1S/C15H18ClN3O2/c1-4-11-15(16)12(19(5-2)18-11)8-13(20)10-6-7-17-9-14(10)21-3/h6-7,9H,4-5,8H2,1-3H3. The van der Waals surface area contributed by atoms with Crippen LogP contribution in [-0.4, -0.2) is 27.7 Å². The second-order valence-corrected chi connectivity index (χ2v) is 4.93. The molecule has 112 valence electrons. The monoisotopic (exact) mass is 307 g/mol. The minimum atomic E-state index is -0.0617. The van der Waals surface area contributed by atoms with Gasteiger partial charge in [0.15, 0.2) is 5.78 Å². The zero-order chi connectivity index (χ0) is 15.4. The van der Waals surface area contributed by atoms with Gasteiger partial charge < -0.3 is 4.74 Å². The highest BCUT2D eigenvalue weighted by atomic mass is 35.5. The van der Waals surface area contributed by atoms with Gasteiger partial charge in [-0.2, -0.15) is 5.10 Å². The number of hydrogen-bond donors (Lipinski definition) is 0. The van der Waals surface area contributed by atoms with Crippen molar-refractivity contribution in [1.29, 1.82) is 0 Å². The average Bonchev–Trinajstić information content (AvgIpc) is 2.83. The molecule has 0 atom stereocenters. The number of halogens is 1. The van der Waals surface area contributed by atoms with Crippen molar-refractivity contribution in [3.8, 4) is 5.75 Å². The van der Waals surface area contributed by atoms with Gasteiger partial charge >= 0.3 is 0 Å². The fourth-order valence-electron chi connectivity index (χ4n) is 2.21. The SMILES string of the molecule is CCc1nn(CC)c(CC(=O)c2ccncc2OC)c1Cl. The molecular weight excluding hydrogens is 290 g/mol. The largest absolute Gasteiger partial charge is 0.494 e. The molecule has 0 saturated heterocycles. The van der Waals surface area contributed by atoms with Crippen LogP contribution in [0.1, 0.15) is 35.6 Å². The van der Waals surface area contributed by atoms with Crippen LogP contribution in [0.3, 0.4) is 0 Å². The quantitative estimate of drug-likeness (QED) is 0.770. The molecule has 0 bridgehead atoms. The second-order valence-electron chi connectivity index (χ2n) is 4.55. The zero-order valence-corrected chi connectivity index (χ0v) is 13.1. The molecule has 0 radical (unpaired) electrons. The third-order valence-corrected chi connectivity index (χ3v) is 3.76. The van der Waals surface area contributed by atoms with E-state index < -0.39 is 0 Å². The average molecular weight is 308 g/mol.